The third-order valence-electron chi connectivity index (χ3n) is 3.09. The highest BCUT2D eigenvalue weighted by molar-refractivity contribution is 7.99. The predicted octanol–water partition coefficient (Wildman–Crippen LogP) is 4.39. The second kappa shape index (κ2) is 13.2. The van der Waals surface area contributed by atoms with E-state index in [4.69, 9.17) is 4.74 Å². The van der Waals surface area contributed by atoms with Crippen LogP contribution in [0.25, 0.3) is 0 Å². The van der Waals surface area contributed by atoms with E-state index in [0.29, 0.717) is 18.8 Å². The zero-order valence-corrected chi connectivity index (χ0v) is 14.3. The standard InChI is InChI=1S/C17H26O2S2/c18-17(10-6-13-21-14-12-20)9-4-5-11-19-15-16-7-2-1-3-8-16/h1-3,7-8,20H,4-6,9-15H2. The lowest BCUT2D eigenvalue weighted by Crippen LogP contribution is -2.01. The average molecular weight is 327 g/mol. The molecule has 0 saturated carbocycles. The molecule has 1 rings (SSSR count). The summed E-state index contributed by atoms with van der Waals surface area (Å²) in [4.78, 5) is 11.7. The quantitative estimate of drug-likeness (QED) is 0.430. The van der Waals surface area contributed by atoms with Crippen LogP contribution in [0.4, 0.5) is 0 Å². The van der Waals surface area contributed by atoms with Crippen molar-refractivity contribution in [3.8, 4) is 0 Å². The van der Waals surface area contributed by atoms with Gasteiger partial charge in [-0.1, -0.05) is 30.3 Å². The molecule has 0 aliphatic carbocycles. The zero-order valence-electron chi connectivity index (χ0n) is 12.6. The minimum Gasteiger partial charge on any atom is -0.377 e. The molecule has 0 aliphatic heterocycles. The van der Waals surface area contributed by atoms with Crippen molar-refractivity contribution in [3.63, 3.8) is 0 Å². The summed E-state index contributed by atoms with van der Waals surface area (Å²) in [5, 5.41) is 0. The second-order valence-corrected chi connectivity index (χ2v) is 6.65. The van der Waals surface area contributed by atoms with Crippen molar-refractivity contribution >= 4 is 30.2 Å². The van der Waals surface area contributed by atoms with Gasteiger partial charge in [-0.25, -0.2) is 0 Å². The Labute approximate surface area is 138 Å². The Morgan fingerprint density at radius 1 is 1.05 bits per heavy atom. The molecular weight excluding hydrogens is 300 g/mol. The fourth-order valence-corrected chi connectivity index (χ4v) is 3.02. The molecule has 1 aromatic carbocycles. The number of Topliss-reactive ketones (excluding diaryl/α,β-unsaturated/α-hetero) is 1. The Kier molecular flexibility index (Phi) is 11.7. The van der Waals surface area contributed by atoms with Crippen LogP contribution in [-0.4, -0.2) is 29.6 Å². The summed E-state index contributed by atoms with van der Waals surface area (Å²) >= 11 is 6.04. The van der Waals surface area contributed by atoms with Crippen LogP contribution in [0.15, 0.2) is 30.3 Å². The van der Waals surface area contributed by atoms with Crippen molar-refractivity contribution in [2.24, 2.45) is 0 Å². The van der Waals surface area contributed by atoms with E-state index in [0.717, 1.165) is 49.5 Å². The molecule has 0 unspecified atom stereocenters. The summed E-state index contributed by atoms with van der Waals surface area (Å²) in [7, 11) is 0. The highest BCUT2D eigenvalue weighted by Crippen LogP contribution is 2.08. The minimum atomic E-state index is 0.393. The normalized spacial score (nSPS) is 10.7. The van der Waals surface area contributed by atoms with Crippen molar-refractivity contribution in [1.29, 1.82) is 0 Å². The van der Waals surface area contributed by atoms with Crippen molar-refractivity contribution in [2.45, 2.75) is 38.7 Å². The first-order valence-electron chi connectivity index (χ1n) is 7.65. The molecule has 0 atom stereocenters. The van der Waals surface area contributed by atoms with E-state index in [1.165, 1.54) is 5.56 Å². The Morgan fingerprint density at radius 3 is 2.57 bits per heavy atom. The lowest BCUT2D eigenvalue weighted by atomic mass is 10.1. The average Bonchev–Trinajstić information content (AvgIpc) is 2.51. The van der Waals surface area contributed by atoms with Crippen LogP contribution in [0.2, 0.25) is 0 Å². The van der Waals surface area contributed by atoms with E-state index in [9.17, 15) is 4.79 Å². The minimum absolute atomic E-state index is 0.393. The van der Waals surface area contributed by atoms with Gasteiger partial charge in [-0.05, 0) is 36.3 Å². The van der Waals surface area contributed by atoms with Crippen LogP contribution < -0.4 is 0 Å². The number of benzene rings is 1. The van der Waals surface area contributed by atoms with E-state index in [1.54, 1.807) is 0 Å². The lowest BCUT2D eigenvalue weighted by molar-refractivity contribution is -0.119. The number of ether oxygens (including phenoxy) is 1. The molecule has 0 saturated heterocycles. The summed E-state index contributed by atoms with van der Waals surface area (Å²) in [6.45, 7) is 1.40. The first-order valence-corrected chi connectivity index (χ1v) is 9.43. The number of carbonyl (C=O) groups is 1. The highest BCUT2D eigenvalue weighted by atomic mass is 32.2. The predicted molar refractivity (Wildman–Crippen MR) is 95.4 cm³/mol. The number of hydrogen-bond donors (Lipinski definition) is 1. The molecule has 0 aromatic heterocycles. The van der Waals surface area contributed by atoms with Gasteiger partial charge < -0.3 is 4.74 Å². The number of ketones is 1. The number of unbranched alkanes of at least 4 members (excludes halogenated alkanes) is 1. The topological polar surface area (TPSA) is 26.3 Å². The molecule has 0 amide bonds. The maximum Gasteiger partial charge on any atom is 0.132 e. The van der Waals surface area contributed by atoms with Crippen LogP contribution >= 0.6 is 24.4 Å². The smallest absolute Gasteiger partial charge is 0.132 e. The Morgan fingerprint density at radius 2 is 1.81 bits per heavy atom. The third kappa shape index (κ3) is 10.9. The van der Waals surface area contributed by atoms with E-state index >= 15 is 0 Å². The number of hydrogen-bond acceptors (Lipinski definition) is 4. The van der Waals surface area contributed by atoms with Gasteiger partial charge in [-0.15, -0.1) is 0 Å². The van der Waals surface area contributed by atoms with Crippen molar-refractivity contribution in [2.75, 3.05) is 23.9 Å². The molecule has 118 valence electrons. The molecule has 1 aromatic rings. The zero-order chi connectivity index (χ0) is 15.2. The monoisotopic (exact) mass is 326 g/mol. The fraction of sp³-hybridized carbons (Fsp3) is 0.588. The molecule has 2 nitrogen and oxygen atoms in total. The summed E-state index contributed by atoms with van der Waals surface area (Å²) in [6, 6.07) is 10.2. The molecule has 0 N–H and O–H groups in total. The van der Waals surface area contributed by atoms with Gasteiger partial charge >= 0.3 is 0 Å². The fourth-order valence-electron chi connectivity index (χ4n) is 1.95. The van der Waals surface area contributed by atoms with E-state index in [2.05, 4.69) is 24.8 Å². The summed E-state index contributed by atoms with van der Waals surface area (Å²) in [5.74, 6) is 3.47. The maximum absolute atomic E-state index is 11.7. The number of carbonyl (C=O) groups excluding carboxylic acids is 1. The van der Waals surface area contributed by atoms with Gasteiger partial charge in [0.2, 0.25) is 0 Å². The molecule has 4 heteroatoms. The third-order valence-corrected chi connectivity index (χ3v) is 4.68. The van der Waals surface area contributed by atoms with Gasteiger partial charge in [0, 0.05) is 25.2 Å². The summed E-state index contributed by atoms with van der Waals surface area (Å²) in [6.07, 6.45) is 4.34. The van der Waals surface area contributed by atoms with Crippen LogP contribution in [0.1, 0.15) is 37.7 Å². The summed E-state index contributed by atoms with van der Waals surface area (Å²) in [5.41, 5.74) is 1.20. The van der Waals surface area contributed by atoms with Gasteiger partial charge in [-0.3, -0.25) is 4.79 Å². The van der Waals surface area contributed by atoms with Crippen molar-refractivity contribution in [3.05, 3.63) is 35.9 Å². The Balaban J connectivity index is 1.88. The summed E-state index contributed by atoms with van der Waals surface area (Å²) < 4.78 is 5.61. The maximum atomic E-state index is 11.7. The number of thioether (sulfide) groups is 1. The van der Waals surface area contributed by atoms with Gasteiger partial charge in [0.25, 0.3) is 0 Å². The molecule has 0 heterocycles. The molecule has 21 heavy (non-hydrogen) atoms. The molecule has 0 bridgehead atoms. The highest BCUT2D eigenvalue weighted by Gasteiger charge is 2.02. The van der Waals surface area contributed by atoms with Gasteiger partial charge in [-0.2, -0.15) is 24.4 Å². The van der Waals surface area contributed by atoms with E-state index < -0.39 is 0 Å². The SMILES string of the molecule is O=C(CCCCOCc1ccccc1)CCCSCCS. The van der Waals surface area contributed by atoms with Crippen LogP contribution in [0.5, 0.6) is 0 Å². The molecule has 0 radical (unpaired) electrons. The number of rotatable bonds is 13. The van der Waals surface area contributed by atoms with Gasteiger partial charge in [0.15, 0.2) is 0 Å². The van der Waals surface area contributed by atoms with Crippen LogP contribution in [0, 0.1) is 0 Å². The van der Waals surface area contributed by atoms with Gasteiger partial charge in [0.05, 0.1) is 6.61 Å². The second-order valence-electron chi connectivity index (χ2n) is 4.97. The van der Waals surface area contributed by atoms with E-state index in [-0.39, 0.29) is 0 Å². The van der Waals surface area contributed by atoms with Crippen molar-refractivity contribution < 1.29 is 9.53 Å². The molecule has 0 aliphatic rings. The first-order chi connectivity index (χ1) is 10.3. The van der Waals surface area contributed by atoms with Crippen molar-refractivity contribution in [1.82, 2.24) is 0 Å². The molecule has 0 fully saturated rings. The van der Waals surface area contributed by atoms with Crippen LogP contribution in [0.3, 0.4) is 0 Å². The largest absolute Gasteiger partial charge is 0.377 e. The van der Waals surface area contributed by atoms with E-state index in [1.807, 2.05) is 30.0 Å². The Hall–Kier alpha value is -0.450. The van der Waals surface area contributed by atoms with Gasteiger partial charge in [0.1, 0.15) is 5.78 Å². The Bertz CT molecular complexity index is 368. The molecular formula is C17H26O2S2. The molecule has 0 spiro atoms. The number of thiol groups is 1. The lowest BCUT2D eigenvalue weighted by Gasteiger charge is -2.04. The van der Waals surface area contributed by atoms with Crippen LogP contribution in [-0.2, 0) is 16.1 Å². The first kappa shape index (κ1) is 18.6.